The summed E-state index contributed by atoms with van der Waals surface area (Å²) in [6.07, 6.45) is 3.68. The lowest BCUT2D eigenvalue weighted by molar-refractivity contribution is -0.384. The highest BCUT2D eigenvalue weighted by atomic mass is 35.5. The van der Waals surface area contributed by atoms with E-state index in [0.29, 0.717) is 11.6 Å². The molecule has 4 nitrogen and oxygen atoms in total. The van der Waals surface area contributed by atoms with Crippen LogP contribution in [0.3, 0.4) is 0 Å². The van der Waals surface area contributed by atoms with Crippen LogP contribution in [0.5, 0.6) is 0 Å². The van der Waals surface area contributed by atoms with Crippen molar-refractivity contribution in [2.75, 3.05) is 13.1 Å². The topological polar surface area (TPSA) is 46.4 Å². The van der Waals surface area contributed by atoms with Gasteiger partial charge in [0.2, 0.25) is 0 Å². The molecule has 2 rings (SSSR count). The standard InChI is InChI=1S/C12H15ClN2O2/c13-12-5-4-11(15(16)17)8-10(12)9-14-6-2-1-3-7-14/h4-5,8H,1-3,6-7,9H2. The number of non-ortho nitro benzene ring substituents is 1. The molecule has 1 aliphatic heterocycles. The molecule has 0 N–H and O–H groups in total. The van der Waals surface area contributed by atoms with Gasteiger partial charge in [0.05, 0.1) is 4.92 Å². The highest BCUT2D eigenvalue weighted by molar-refractivity contribution is 6.31. The number of nitro benzene ring substituents is 1. The number of likely N-dealkylation sites (tertiary alicyclic amines) is 1. The van der Waals surface area contributed by atoms with Gasteiger partial charge in [-0.25, -0.2) is 0 Å². The first-order valence-electron chi connectivity index (χ1n) is 5.82. The lowest BCUT2D eigenvalue weighted by Crippen LogP contribution is -2.29. The fourth-order valence-corrected chi connectivity index (χ4v) is 2.33. The molecule has 1 heterocycles. The summed E-state index contributed by atoms with van der Waals surface area (Å²) in [6, 6.07) is 4.64. The lowest BCUT2D eigenvalue weighted by atomic mass is 10.1. The minimum atomic E-state index is -0.379. The number of halogens is 1. The van der Waals surface area contributed by atoms with Crippen molar-refractivity contribution in [3.8, 4) is 0 Å². The second kappa shape index (κ2) is 5.47. The molecule has 5 heteroatoms. The molecule has 17 heavy (non-hydrogen) atoms. The molecule has 92 valence electrons. The average Bonchev–Trinajstić information content (AvgIpc) is 2.33. The Morgan fingerprint density at radius 3 is 2.65 bits per heavy atom. The molecule has 0 amide bonds. The first kappa shape index (κ1) is 12.3. The second-order valence-corrected chi connectivity index (χ2v) is 4.78. The number of nitrogens with zero attached hydrogens (tertiary/aromatic N) is 2. The Hall–Kier alpha value is -1.13. The van der Waals surface area contributed by atoms with Crippen molar-refractivity contribution in [1.82, 2.24) is 4.90 Å². The molecule has 0 bridgehead atoms. The molecular weight excluding hydrogens is 240 g/mol. The van der Waals surface area contributed by atoms with E-state index in [1.807, 2.05) is 0 Å². The average molecular weight is 255 g/mol. The van der Waals surface area contributed by atoms with Crippen LogP contribution in [-0.4, -0.2) is 22.9 Å². The van der Waals surface area contributed by atoms with Crippen LogP contribution in [0.2, 0.25) is 5.02 Å². The van der Waals surface area contributed by atoms with E-state index in [1.54, 1.807) is 12.1 Å². The molecular formula is C12H15ClN2O2. The molecule has 1 aliphatic rings. The molecule has 0 atom stereocenters. The van der Waals surface area contributed by atoms with Crippen LogP contribution in [0.15, 0.2) is 18.2 Å². The van der Waals surface area contributed by atoms with E-state index in [4.69, 9.17) is 11.6 Å². The third-order valence-electron chi connectivity index (χ3n) is 3.08. The monoisotopic (exact) mass is 254 g/mol. The summed E-state index contributed by atoms with van der Waals surface area (Å²) in [7, 11) is 0. The zero-order chi connectivity index (χ0) is 12.3. The number of nitro groups is 1. The molecule has 1 fully saturated rings. The van der Waals surface area contributed by atoms with E-state index < -0.39 is 0 Å². The predicted molar refractivity (Wildman–Crippen MR) is 67.2 cm³/mol. The second-order valence-electron chi connectivity index (χ2n) is 4.37. The van der Waals surface area contributed by atoms with Gasteiger partial charge >= 0.3 is 0 Å². The van der Waals surface area contributed by atoms with Crippen LogP contribution in [0, 0.1) is 10.1 Å². The Bertz CT molecular complexity index is 417. The van der Waals surface area contributed by atoms with E-state index in [2.05, 4.69) is 4.90 Å². The fourth-order valence-electron chi connectivity index (χ4n) is 2.15. The molecule has 0 saturated carbocycles. The summed E-state index contributed by atoms with van der Waals surface area (Å²) in [4.78, 5) is 12.6. The Labute approximate surface area is 105 Å². The minimum Gasteiger partial charge on any atom is -0.299 e. The molecule has 1 saturated heterocycles. The normalized spacial score (nSPS) is 17.0. The van der Waals surface area contributed by atoms with Crippen molar-refractivity contribution in [3.63, 3.8) is 0 Å². The van der Waals surface area contributed by atoms with Gasteiger partial charge in [0.15, 0.2) is 0 Å². The Kier molecular flexibility index (Phi) is 3.97. The van der Waals surface area contributed by atoms with Crippen LogP contribution in [-0.2, 0) is 6.54 Å². The van der Waals surface area contributed by atoms with Crippen molar-refractivity contribution < 1.29 is 4.92 Å². The quantitative estimate of drug-likeness (QED) is 0.615. The predicted octanol–water partition coefficient (Wildman–Crippen LogP) is 3.23. The summed E-state index contributed by atoms with van der Waals surface area (Å²) < 4.78 is 0. The summed E-state index contributed by atoms with van der Waals surface area (Å²) in [6.45, 7) is 2.82. The van der Waals surface area contributed by atoms with Crippen LogP contribution in [0.25, 0.3) is 0 Å². The zero-order valence-electron chi connectivity index (χ0n) is 9.56. The maximum Gasteiger partial charge on any atom is 0.269 e. The zero-order valence-corrected chi connectivity index (χ0v) is 10.3. The van der Waals surface area contributed by atoms with Gasteiger partial charge in [-0.1, -0.05) is 18.0 Å². The van der Waals surface area contributed by atoms with Crippen molar-refractivity contribution >= 4 is 17.3 Å². The molecule has 1 aromatic rings. The van der Waals surface area contributed by atoms with Gasteiger partial charge in [-0.15, -0.1) is 0 Å². The first-order chi connectivity index (χ1) is 8.16. The van der Waals surface area contributed by atoms with E-state index >= 15 is 0 Å². The van der Waals surface area contributed by atoms with E-state index in [9.17, 15) is 10.1 Å². The third kappa shape index (κ3) is 3.17. The number of hydrogen-bond donors (Lipinski definition) is 0. The maximum absolute atomic E-state index is 10.7. The van der Waals surface area contributed by atoms with Gasteiger partial charge in [0.1, 0.15) is 0 Å². The van der Waals surface area contributed by atoms with Gasteiger partial charge in [0.25, 0.3) is 5.69 Å². The summed E-state index contributed by atoms with van der Waals surface area (Å²) in [5.41, 5.74) is 0.962. The van der Waals surface area contributed by atoms with Gasteiger partial charge in [0, 0.05) is 23.7 Å². The minimum absolute atomic E-state index is 0.112. The Balaban J connectivity index is 2.13. The highest BCUT2D eigenvalue weighted by Gasteiger charge is 2.14. The molecule has 0 aliphatic carbocycles. The van der Waals surface area contributed by atoms with Crippen LogP contribution in [0.4, 0.5) is 5.69 Å². The van der Waals surface area contributed by atoms with Crippen molar-refractivity contribution in [1.29, 1.82) is 0 Å². The van der Waals surface area contributed by atoms with Gasteiger partial charge in [-0.2, -0.15) is 0 Å². The first-order valence-corrected chi connectivity index (χ1v) is 6.20. The summed E-state index contributed by atoms with van der Waals surface area (Å²) in [5, 5.41) is 11.3. The Morgan fingerprint density at radius 1 is 1.29 bits per heavy atom. The van der Waals surface area contributed by atoms with E-state index in [-0.39, 0.29) is 10.6 Å². The third-order valence-corrected chi connectivity index (χ3v) is 3.45. The van der Waals surface area contributed by atoms with Crippen molar-refractivity contribution in [2.24, 2.45) is 0 Å². The largest absolute Gasteiger partial charge is 0.299 e. The number of rotatable bonds is 3. The summed E-state index contributed by atoms with van der Waals surface area (Å²) >= 11 is 6.07. The molecule has 1 aromatic carbocycles. The van der Waals surface area contributed by atoms with Crippen LogP contribution >= 0.6 is 11.6 Å². The van der Waals surface area contributed by atoms with Crippen LogP contribution in [0.1, 0.15) is 24.8 Å². The molecule has 0 unspecified atom stereocenters. The van der Waals surface area contributed by atoms with Gasteiger partial charge < -0.3 is 0 Å². The van der Waals surface area contributed by atoms with E-state index in [0.717, 1.165) is 18.7 Å². The fraction of sp³-hybridized carbons (Fsp3) is 0.500. The Morgan fingerprint density at radius 2 is 2.00 bits per heavy atom. The van der Waals surface area contributed by atoms with Crippen LogP contribution < -0.4 is 0 Å². The van der Waals surface area contributed by atoms with E-state index in [1.165, 1.54) is 25.3 Å². The van der Waals surface area contributed by atoms with Crippen molar-refractivity contribution in [2.45, 2.75) is 25.8 Å². The number of hydrogen-bond acceptors (Lipinski definition) is 3. The number of benzene rings is 1. The van der Waals surface area contributed by atoms with Gasteiger partial charge in [-0.3, -0.25) is 15.0 Å². The smallest absolute Gasteiger partial charge is 0.269 e. The van der Waals surface area contributed by atoms with Gasteiger partial charge in [-0.05, 0) is 37.6 Å². The molecule has 0 aromatic heterocycles. The highest BCUT2D eigenvalue weighted by Crippen LogP contribution is 2.24. The van der Waals surface area contributed by atoms with Crippen molar-refractivity contribution in [3.05, 3.63) is 38.9 Å². The maximum atomic E-state index is 10.7. The lowest BCUT2D eigenvalue weighted by Gasteiger charge is -2.26. The molecule has 0 radical (unpaired) electrons. The summed E-state index contributed by atoms with van der Waals surface area (Å²) in [5.74, 6) is 0. The molecule has 0 spiro atoms. The number of piperidine rings is 1. The SMILES string of the molecule is O=[N+]([O-])c1ccc(Cl)c(CN2CCCCC2)c1.